The van der Waals surface area contributed by atoms with Gasteiger partial charge >= 0.3 is 6.18 Å². The van der Waals surface area contributed by atoms with E-state index in [0.717, 1.165) is 6.20 Å². The molecule has 0 aliphatic carbocycles. The monoisotopic (exact) mass is 411 g/mol. The standard InChI is InChI=1S/C13H13BrF3N3O2S/c1-3-20-12(13(15,16)17)11(7-18-20)19-23(21,22)9-4-5-10(14)8(2)6-9/h4-7,19H,3H2,1-2H3. The summed E-state index contributed by atoms with van der Waals surface area (Å²) in [5, 5.41) is 3.57. The van der Waals surface area contributed by atoms with Crippen LogP contribution < -0.4 is 4.72 Å². The van der Waals surface area contributed by atoms with Crippen molar-refractivity contribution in [2.75, 3.05) is 4.72 Å². The molecule has 2 rings (SSSR count). The minimum absolute atomic E-state index is 0.0338. The highest BCUT2D eigenvalue weighted by Crippen LogP contribution is 2.35. The van der Waals surface area contributed by atoms with Crippen LogP contribution in [0.15, 0.2) is 33.8 Å². The maximum absolute atomic E-state index is 13.1. The average molecular weight is 412 g/mol. The lowest BCUT2D eigenvalue weighted by Gasteiger charge is -2.13. The smallest absolute Gasteiger partial charge is 0.276 e. The molecule has 0 aliphatic rings. The minimum atomic E-state index is -4.72. The van der Waals surface area contributed by atoms with Gasteiger partial charge < -0.3 is 0 Å². The Morgan fingerprint density at radius 3 is 2.52 bits per heavy atom. The van der Waals surface area contributed by atoms with E-state index in [-0.39, 0.29) is 11.4 Å². The fourth-order valence-electron chi connectivity index (χ4n) is 1.99. The predicted octanol–water partition coefficient (Wildman–Crippen LogP) is 3.79. The van der Waals surface area contributed by atoms with Gasteiger partial charge in [-0.3, -0.25) is 9.40 Å². The van der Waals surface area contributed by atoms with Crippen LogP contribution in [0.5, 0.6) is 0 Å². The molecule has 0 spiro atoms. The average Bonchev–Trinajstić information content (AvgIpc) is 2.83. The fourth-order valence-corrected chi connectivity index (χ4v) is 3.37. The summed E-state index contributed by atoms with van der Waals surface area (Å²) < 4.78 is 67.4. The number of nitrogens with zero attached hydrogens (tertiary/aromatic N) is 2. The first-order chi connectivity index (χ1) is 10.6. The lowest BCUT2D eigenvalue weighted by atomic mass is 10.2. The summed E-state index contributed by atoms with van der Waals surface area (Å²) in [5.74, 6) is 0. The van der Waals surface area contributed by atoms with E-state index in [1.807, 2.05) is 4.72 Å². The van der Waals surface area contributed by atoms with Gasteiger partial charge in [0.05, 0.1) is 16.8 Å². The molecule has 0 bridgehead atoms. The van der Waals surface area contributed by atoms with E-state index in [1.165, 1.54) is 25.1 Å². The number of halogens is 4. The number of alkyl halides is 3. The molecule has 0 unspecified atom stereocenters. The van der Waals surface area contributed by atoms with Gasteiger partial charge in [-0.25, -0.2) is 8.42 Å². The van der Waals surface area contributed by atoms with Crippen molar-refractivity contribution in [2.45, 2.75) is 31.5 Å². The Morgan fingerprint density at radius 2 is 2.00 bits per heavy atom. The Balaban J connectivity index is 2.46. The zero-order valence-corrected chi connectivity index (χ0v) is 14.6. The molecule has 1 N–H and O–H groups in total. The molecule has 10 heteroatoms. The number of nitrogens with one attached hydrogen (secondary N) is 1. The Hall–Kier alpha value is -1.55. The molecule has 1 heterocycles. The van der Waals surface area contributed by atoms with Gasteiger partial charge in [-0.05, 0) is 37.6 Å². The van der Waals surface area contributed by atoms with Crippen molar-refractivity contribution in [1.82, 2.24) is 9.78 Å². The van der Waals surface area contributed by atoms with Crippen LogP contribution in [0.25, 0.3) is 0 Å². The van der Waals surface area contributed by atoms with Crippen molar-refractivity contribution >= 4 is 31.6 Å². The quantitative estimate of drug-likeness (QED) is 0.831. The van der Waals surface area contributed by atoms with Crippen molar-refractivity contribution in [3.63, 3.8) is 0 Å². The second-order valence-corrected chi connectivity index (χ2v) is 7.27. The number of aromatic nitrogens is 2. The first-order valence-corrected chi connectivity index (χ1v) is 8.76. The number of sulfonamides is 1. The Labute approximate surface area is 139 Å². The lowest BCUT2D eigenvalue weighted by molar-refractivity contribution is -0.143. The highest BCUT2D eigenvalue weighted by molar-refractivity contribution is 9.10. The van der Waals surface area contributed by atoms with E-state index in [0.29, 0.717) is 14.7 Å². The number of rotatable bonds is 4. The Kier molecular flexibility index (Phi) is 4.76. The van der Waals surface area contributed by atoms with E-state index in [1.54, 1.807) is 6.92 Å². The van der Waals surface area contributed by atoms with E-state index in [4.69, 9.17) is 0 Å². The lowest BCUT2D eigenvalue weighted by Crippen LogP contribution is -2.19. The third-order valence-corrected chi connectivity index (χ3v) is 5.34. The zero-order chi connectivity index (χ0) is 17.4. The van der Waals surface area contributed by atoms with Gasteiger partial charge in [-0.1, -0.05) is 15.9 Å². The van der Waals surface area contributed by atoms with Crippen molar-refractivity contribution in [3.8, 4) is 0 Å². The predicted molar refractivity (Wildman–Crippen MR) is 82.6 cm³/mol. The highest BCUT2D eigenvalue weighted by Gasteiger charge is 2.39. The second kappa shape index (κ2) is 6.16. The van der Waals surface area contributed by atoms with Crippen LogP contribution in [-0.2, 0) is 22.7 Å². The van der Waals surface area contributed by atoms with Crippen LogP contribution in [0.1, 0.15) is 18.2 Å². The van der Waals surface area contributed by atoms with Gasteiger partial charge in [0.1, 0.15) is 0 Å². The van der Waals surface area contributed by atoms with Gasteiger partial charge in [0, 0.05) is 11.0 Å². The molecule has 0 atom stereocenters. The third kappa shape index (κ3) is 3.69. The first kappa shape index (κ1) is 17.8. The van der Waals surface area contributed by atoms with E-state index >= 15 is 0 Å². The molecule has 1 aromatic heterocycles. The SMILES string of the molecule is CCn1ncc(NS(=O)(=O)c2ccc(Br)c(C)c2)c1C(F)(F)F. The van der Waals surface area contributed by atoms with Crippen molar-refractivity contribution in [2.24, 2.45) is 0 Å². The van der Waals surface area contributed by atoms with Crippen molar-refractivity contribution in [1.29, 1.82) is 0 Å². The summed E-state index contributed by atoms with van der Waals surface area (Å²) in [4.78, 5) is -0.129. The van der Waals surface area contributed by atoms with Gasteiger partial charge in [0.2, 0.25) is 0 Å². The summed E-state index contributed by atoms with van der Waals surface area (Å²) in [7, 11) is -4.15. The molecule has 0 saturated heterocycles. The topological polar surface area (TPSA) is 64.0 Å². The Morgan fingerprint density at radius 1 is 1.35 bits per heavy atom. The number of hydrogen-bond donors (Lipinski definition) is 1. The Bertz CT molecular complexity index is 831. The maximum Gasteiger partial charge on any atom is 0.435 e. The van der Waals surface area contributed by atoms with Crippen LogP contribution in [-0.4, -0.2) is 18.2 Å². The number of anilines is 1. The maximum atomic E-state index is 13.1. The van der Waals surface area contributed by atoms with Gasteiger partial charge in [-0.2, -0.15) is 18.3 Å². The van der Waals surface area contributed by atoms with Crippen molar-refractivity contribution < 1.29 is 21.6 Å². The molecular weight excluding hydrogens is 399 g/mol. The van der Waals surface area contributed by atoms with Crippen LogP contribution in [0, 0.1) is 6.92 Å². The molecule has 1 aromatic carbocycles. The summed E-state index contributed by atoms with van der Waals surface area (Å²) in [6.45, 7) is 3.13. The molecule has 0 aliphatic heterocycles. The summed E-state index contributed by atoms with van der Waals surface area (Å²) >= 11 is 3.24. The highest BCUT2D eigenvalue weighted by atomic mass is 79.9. The number of benzene rings is 1. The second-order valence-electron chi connectivity index (χ2n) is 4.74. The molecule has 23 heavy (non-hydrogen) atoms. The van der Waals surface area contributed by atoms with Crippen LogP contribution in [0.4, 0.5) is 18.9 Å². The molecule has 0 radical (unpaired) electrons. The molecular formula is C13H13BrF3N3O2S. The molecule has 0 fully saturated rings. The van der Waals surface area contributed by atoms with Gasteiger partial charge in [-0.15, -0.1) is 0 Å². The van der Waals surface area contributed by atoms with E-state index in [2.05, 4.69) is 21.0 Å². The third-order valence-electron chi connectivity index (χ3n) is 3.09. The van der Waals surface area contributed by atoms with E-state index in [9.17, 15) is 21.6 Å². The van der Waals surface area contributed by atoms with Crippen molar-refractivity contribution in [3.05, 3.63) is 40.1 Å². The number of hydrogen-bond acceptors (Lipinski definition) is 3. The minimum Gasteiger partial charge on any atom is -0.276 e. The summed E-state index contributed by atoms with van der Waals surface area (Å²) in [6.07, 6.45) is -3.87. The van der Waals surface area contributed by atoms with Crippen LogP contribution >= 0.6 is 15.9 Å². The fraction of sp³-hybridized carbons (Fsp3) is 0.308. The normalized spacial score (nSPS) is 12.4. The molecule has 2 aromatic rings. The van der Waals surface area contributed by atoms with Crippen LogP contribution in [0.2, 0.25) is 0 Å². The number of aryl methyl sites for hydroxylation is 2. The van der Waals surface area contributed by atoms with Gasteiger partial charge in [0.15, 0.2) is 5.69 Å². The van der Waals surface area contributed by atoms with Gasteiger partial charge in [0.25, 0.3) is 10.0 Å². The van der Waals surface area contributed by atoms with E-state index < -0.39 is 27.6 Å². The zero-order valence-electron chi connectivity index (χ0n) is 12.1. The molecule has 5 nitrogen and oxygen atoms in total. The first-order valence-electron chi connectivity index (χ1n) is 6.48. The summed E-state index contributed by atoms with van der Waals surface area (Å²) in [5.41, 5.74) is -1.08. The largest absolute Gasteiger partial charge is 0.435 e. The molecule has 0 saturated carbocycles. The summed E-state index contributed by atoms with van der Waals surface area (Å²) in [6, 6.07) is 4.19. The molecule has 126 valence electrons. The van der Waals surface area contributed by atoms with Crippen LogP contribution in [0.3, 0.4) is 0 Å². The molecule has 0 amide bonds.